The first-order valence-electron chi connectivity index (χ1n) is 10.5. The second-order valence-corrected chi connectivity index (χ2v) is 10.6. The van der Waals surface area contributed by atoms with Crippen molar-refractivity contribution in [2.24, 2.45) is 0 Å². The van der Waals surface area contributed by atoms with Crippen molar-refractivity contribution in [3.63, 3.8) is 0 Å². The Labute approximate surface area is 185 Å². The van der Waals surface area contributed by atoms with Gasteiger partial charge in [0.1, 0.15) is 5.82 Å². The molecule has 1 amide bonds. The lowest BCUT2D eigenvalue weighted by atomic mass is 10.1. The number of carbonyl (C=O) groups is 1. The molecule has 0 saturated carbocycles. The van der Waals surface area contributed by atoms with Crippen LogP contribution in [0.3, 0.4) is 0 Å². The van der Waals surface area contributed by atoms with Gasteiger partial charge in [-0.25, -0.2) is 13.4 Å². The number of carbonyl (C=O) groups excluding carboxylic acids is 1. The molecule has 6 nitrogen and oxygen atoms in total. The summed E-state index contributed by atoms with van der Waals surface area (Å²) in [6, 6.07) is 6.49. The zero-order valence-electron chi connectivity index (χ0n) is 17.9. The van der Waals surface area contributed by atoms with Crippen LogP contribution in [0.15, 0.2) is 41.4 Å². The summed E-state index contributed by atoms with van der Waals surface area (Å²) in [5.41, 5.74) is -1.04. The van der Waals surface area contributed by atoms with Crippen LogP contribution < -0.4 is 10.2 Å². The van der Waals surface area contributed by atoms with E-state index in [1.807, 2.05) is 4.90 Å². The normalized spacial score (nSPS) is 15.5. The molecule has 0 aliphatic carbocycles. The topological polar surface area (TPSA) is 79.4 Å². The molecule has 0 bridgehead atoms. The number of anilines is 2. The summed E-state index contributed by atoms with van der Waals surface area (Å²) in [4.78, 5) is 18.9. The van der Waals surface area contributed by atoms with Gasteiger partial charge in [0.05, 0.1) is 21.3 Å². The van der Waals surface area contributed by atoms with Gasteiger partial charge in [-0.05, 0) is 51.0 Å². The van der Waals surface area contributed by atoms with Crippen molar-refractivity contribution in [2.75, 3.05) is 23.3 Å². The quantitative estimate of drug-likeness (QED) is 0.673. The van der Waals surface area contributed by atoms with Gasteiger partial charge in [0.15, 0.2) is 9.84 Å². The van der Waals surface area contributed by atoms with Gasteiger partial charge in [-0.1, -0.05) is 18.9 Å². The molecular formula is C22H26F3N3O3S. The minimum atomic E-state index is -4.65. The Morgan fingerprint density at radius 2 is 1.75 bits per heavy atom. The molecule has 2 aromatic rings. The molecule has 1 saturated heterocycles. The van der Waals surface area contributed by atoms with Crippen LogP contribution in [0.25, 0.3) is 0 Å². The number of nitrogens with one attached hydrogen (secondary N) is 1. The van der Waals surface area contributed by atoms with Crippen LogP contribution in [0, 0.1) is 0 Å². The van der Waals surface area contributed by atoms with E-state index < -0.39 is 32.7 Å². The fourth-order valence-corrected chi connectivity index (χ4v) is 4.64. The number of pyridine rings is 1. The average molecular weight is 470 g/mol. The van der Waals surface area contributed by atoms with E-state index in [0.29, 0.717) is 13.1 Å². The number of aromatic nitrogens is 1. The SMILES string of the molecule is CC(C)S(=O)(=O)c1cccc(NC(=O)c2cc(C(F)(F)F)cnc2N2CCCCCC2)c1. The van der Waals surface area contributed by atoms with E-state index in [4.69, 9.17) is 0 Å². The highest BCUT2D eigenvalue weighted by molar-refractivity contribution is 7.92. The molecule has 1 aromatic carbocycles. The molecule has 2 heterocycles. The second-order valence-electron chi connectivity index (χ2n) is 8.07. The van der Waals surface area contributed by atoms with E-state index >= 15 is 0 Å². The van der Waals surface area contributed by atoms with Gasteiger partial charge >= 0.3 is 6.18 Å². The molecule has 1 aliphatic heterocycles. The third kappa shape index (κ3) is 5.40. The smallest absolute Gasteiger partial charge is 0.356 e. The molecule has 3 rings (SSSR count). The summed E-state index contributed by atoms with van der Waals surface area (Å²) in [7, 11) is -3.58. The number of amides is 1. The first-order chi connectivity index (χ1) is 15.0. The summed E-state index contributed by atoms with van der Waals surface area (Å²) in [6.45, 7) is 4.28. The highest BCUT2D eigenvalue weighted by Gasteiger charge is 2.33. The number of alkyl halides is 3. The van der Waals surface area contributed by atoms with E-state index in [1.54, 1.807) is 13.8 Å². The van der Waals surface area contributed by atoms with Crippen molar-refractivity contribution in [3.05, 3.63) is 47.7 Å². The maximum absolute atomic E-state index is 13.3. The monoisotopic (exact) mass is 469 g/mol. The van der Waals surface area contributed by atoms with Gasteiger partial charge in [-0.15, -0.1) is 0 Å². The Bertz CT molecular complexity index is 1080. The predicted octanol–water partition coefficient (Wildman–Crippen LogP) is 4.92. The van der Waals surface area contributed by atoms with Crippen molar-refractivity contribution in [1.82, 2.24) is 4.98 Å². The molecule has 0 radical (unpaired) electrons. The molecule has 1 aromatic heterocycles. The second kappa shape index (κ2) is 9.48. The van der Waals surface area contributed by atoms with E-state index in [2.05, 4.69) is 10.3 Å². The number of nitrogens with zero attached hydrogens (tertiary/aromatic N) is 2. The molecule has 0 unspecified atom stereocenters. The van der Waals surface area contributed by atoms with Gasteiger partial charge in [0, 0.05) is 25.0 Å². The Balaban J connectivity index is 1.97. The largest absolute Gasteiger partial charge is 0.417 e. The molecule has 10 heteroatoms. The zero-order chi connectivity index (χ0) is 23.5. The van der Waals surface area contributed by atoms with Gasteiger partial charge in [-0.2, -0.15) is 13.2 Å². The average Bonchev–Trinajstić information content (AvgIpc) is 3.02. The van der Waals surface area contributed by atoms with Crippen LogP contribution in [0.2, 0.25) is 0 Å². The number of rotatable bonds is 5. The molecule has 0 spiro atoms. The van der Waals surface area contributed by atoms with Crippen LogP contribution in [-0.2, 0) is 16.0 Å². The number of hydrogen-bond acceptors (Lipinski definition) is 5. The van der Waals surface area contributed by atoms with Crippen molar-refractivity contribution in [1.29, 1.82) is 0 Å². The molecule has 1 N–H and O–H groups in total. The van der Waals surface area contributed by atoms with Crippen LogP contribution in [-0.4, -0.2) is 37.6 Å². The fourth-order valence-electron chi connectivity index (χ4n) is 3.54. The summed E-state index contributed by atoms with van der Waals surface area (Å²) < 4.78 is 64.8. The molecular weight excluding hydrogens is 443 g/mol. The van der Waals surface area contributed by atoms with Crippen molar-refractivity contribution < 1.29 is 26.4 Å². The Hall–Kier alpha value is -2.62. The number of halogens is 3. The van der Waals surface area contributed by atoms with Gasteiger partial charge < -0.3 is 10.2 Å². The Morgan fingerprint density at radius 1 is 1.09 bits per heavy atom. The summed E-state index contributed by atoms with van der Waals surface area (Å²) in [5.74, 6) is -0.578. The van der Waals surface area contributed by atoms with Crippen molar-refractivity contribution >= 4 is 27.2 Å². The van der Waals surface area contributed by atoms with Crippen LogP contribution in [0.1, 0.15) is 55.5 Å². The first-order valence-corrected chi connectivity index (χ1v) is 12.0. The summed E-state index contributed by atoms with van der Waals surface area (Å²) in [6.07, 6.45) is -0.166. The zero-order valence-corrected chi connectivity index (χ0v) is 18.8. The molecule has 32 heavy (non-hydrogen) atoms. The van der Waals surface area contributed by atoms with E-state index in [-0.39, 0.29) is 22.0 Å². The molecule has 174 valence electrons. The van der Waals surface area contributed by atoms with Crippen LogP contribution in [0.5, 0.6) is 0 Å². The van der Waals surface area contributed by atoms with Gasteiger partial charge in [-0.3, -0.25) is 4.79 Å². The lowest BCUT2D eigenvalue weighted by Gasteiger charge is -2.24. The number of benzene rings is 1. The maximum Gasteiger partial charge on any atom is 0.417 e. The van der Waals surface area contributed by atoms with Gasteiger partial charge in [0.2, 0.25) is 0 Å². The summed E-state index contributed by atoms with van der Waals surface area (Å²) >= 11 is 0. The standard InChI is InChI=1S/C22H26F3N3O3S/c1-15(2)32(30,31)18-9-7-8-17(13-18)27-21(29)19-12-16(22(23,24)25)14-26-20(19)28-10-5-3-4-6-11-28/h7-9,12-15H,3-6,10-11H2,1-2H3,(H,27,29). The summed E-state index contributed by atoms with van der Waals surface area (Å²) in [5, 5.41) is 1.89. The molecule has 1 aliphatic rings. The minimum Gasteiger partial charge on any atom is -0.356 e. The fraction of sp³-hybridized carbons (Fsp3) is 0.455. The van der Waals surface area contributed by atoms with E-state index in [1.165, 1.54) is 24.3 Å². The van der Waals surface area contributed by atoms with Crippen molar-refractivity contribution in [2.45, 2.75) is 55.9 Å². The third-order valence-electron chi connectivity index (χ3n) is 5.39. The number of sulfone groups is 1. The van der Waals surface area contributed by atoms with Crippen LogP contribution >= 0.6 is 0 Å². The van der Waals surface area contributed by atoms with Crippen LogP contribution in [0.4, 0.5) is 24.7 Å². The molecule has 1 fully saturated rings. The third-order valence-corrected chi connectivity index (χ3v) is 7.54. The highest BCUT2D eigenvalue weighted by atomic mass is 32.2. The molecule has 0 atom stereocenters. The van der Waals surface area contributed by atoms with Crippen molar-refractivity contribution in [3.8, 4) is 0 Å². The van der Waals surface area contributed by atoms with E-state index in [9.17, 15) is 26.4 Å². The minimum absolute atomic E-state index is 0.0280. The van der Waals surface area contributed by atoms with Gasteiger partial charge in [0.25, 0.3) is 5.91 Å². The van der Waals surface area contributed by atoms with E-state index in [0.717, 1.165) is 37.9 Å². The Morgan fingerprint density at radius 3 is 2.34 bits per heavy atom. The maximum atomic E-state index is 13.3. The predicted molar refractivity (Wildman–Crippen MR) is 117 cm³/mol. The number of hydrogen-bond donors (Lipinski definition) is 1. The lowest BCUT2D eigenvalue weighted by molar-refractivity contribution is -0.137. The highest BCUT2D eigenvalue weighted by Crippen LogP contribution is 2.32. The first kappa shape index (κ1) is 24.0. The Kier molecular flexibility index (Phi) is 7.12. The lowest BCUT2D eigenvalue weighted by Crippen LogP contribution is -2.29.